The molecule has 0 saturated carbocycles. The van der Waals surface area contributed by atoms with E-state index in [0.29, 0.717) is 21.3 Å². The molecule has 1 saturated heterocycles. The van der Waals surface area contributed by atoms with Crippen LogP contribution in [0.25, 0.3) is 0 Å². The van der Waals surface area contributed by atoms with Crippen LogP contribution in [-0.4, -0.2) is 45.4 Å². The molecule has 1 aliphatic rings. The Hall–Kier alpha value is -1.45. The monoisotopic (exact) mass is 400 g/mol. The van der Waals surface area contributed by atoms with Crippen LogP contribution in [0, 0.1) is 13.8 Å². The van der Waals surface area contributed by atoms with E-state index < -0.39 is 5.97 Å². The van der Waals surface area contributed by atoms with Crippen molar-refractivity contribution in [2.24, 2.45) is 0 Å². The van der Waals surface area contributed by atoms with Gasteiger partial charge in [-0.3, -0.25) is 14.5 Å². The lowest BCUT2D eigenvalue weighted by atomic mass is 10.1. The second-order valence-electron chi connectivity index (χ2n) is 5.46. The second-order valence-corrected chi connectivity index (χ2v) is 8.52. The highest BCUT2D eigenvalue weighted by Gasteiger charge is 2.36. The summed E-state index contributed by atoms with van der Waals surface area (Å²) in [6.07, 6.45) is 0.665. The molecule has 1 aromatic heterocycles. The van der Waals surface area contributed by atoms with Crippen LogP contribution >= 0.6 is 35.3 Å². The zero-order chi connectivity index (χ0) is 18.7. The summed E-state index contributed by atoms with van der Waals surface area (Å²) in [5.41, 5.74) is 1.15. The molecule has 0 radical (unpaired) electrons. The van der Waals surface area contributed by atoms with E-state index in [2.05, 4.69) is 5.32 Å². The van der Waals surface area contributed by atoms with Crippen LogP contribution in [0.1, 0.15) is 41.1 Å². The molecule has 1 N–H and O–H groups in total. The summed E-state index contributed by atoms with van der Waals surface area (Å²) < 4.78 is 5.48. The van der Waals surface area contributed by atoms with Crippen molar-refractivity contribution >= 4 is 62.4 Å². The molecular weight excluding hydrogens is 380 g/mol. The Morgan fingerprint density at radius 3 is 2.56 bits per heavy atom. The number of esters is 1. The fourth-order valence-electron chi connectivity index (χ4n) is 2.37. The molecule has 1 fully saturated rings. The number of carbonyl (C=O) groups is 3. The highest BCUT2D eigenvalue weighted by atomic mass is 32.2. The quantitative estimate of drug-likeness (QED) is 0.584. The summed E-state index contributed by atoms with van der Waals surface area (Å²) in [5.74, 6) is -0.995. The fraction of sp³-hybridized carbons (Fsp3) is 0.500. The number of thiophene rings is 1. The average Bonchev–Trinajstić information content (AvgIpc) is 2.97. The van der Waals surface area contributed by atoms with Gasteiger partial charge in [0.1, 0.15) is 15.9 Å². The van der Waals surface area contributed by atoms with Gasteiger partial charge >= 0.3 is 5.97 Å². The van der Waals surface area contributed by atoms with Crippen LogP contribution in [0.3, 0.4) is 0 Å². The predicted octanol–water partition coefficient (Wildman–Crippen LogP) is 3.12. The van der Waals surface area contributed by atoms with Gasteiger partial charge in [-0.25, -0.2) is 4.79 Å². The van der Waals surface area contributed by atoms with E-state index in [1.54, 1.807) is 6.92 Å². The van der Waals surface area contributed by atoms with Crippen LogP contribution in [0.15, 0.2) is 0 Å². The maximum atomic E-state index is 12.4. The number of rotatable bonds is 6. The molecule has 2 heterocycles. The average molecular weight is 401 g/mol. The highest BCUT2D eigenvalue weighted by molar-refractivity contribution is 8.24. The van der Waals surface area contributed by atoms with E-state index in [1.807, 2.05) is 20.8 Å². The SMILES string of the molecule is CCOC(=O)c1c(NC(=O)CN2C(=O)C(CC)SC2=S)sc(C)c1C. The molecule has 1 unspecified atom stereocenters. The largest absolute Gasteiger partial charge is 0.462 e. The van der Waals surface area contributed by atoms with Crippen LogP contribution in [-0.2, 0) is 14.3 Å². The Balaban J connectivity index is 2.14. The normalized spacial score (nSPS) is 17.1. The molecule has 1 aromatic rings. The van der Waals surface area contributed by atoms with Gasteiger partial charge in [0.2, 0.25) is 11.8 Å². The van der Waals surface area contributed by atoms with Crippen LogP contribution in [0.5, 0.6) is 0 Å². The van der Waals surface area contributed by atoms with Gasteiger partial charge in [-0.2, -0.15) is 0 Å². The summed E-state index contributed by atoms with van der Waals surface area (Å²) in [6, 6.07) is 0. The topological polar surface area (TPSA) is 75.7 Å². The third-order valence-corrected chi connectivity index (χ3v) is 6.67. The van der Waals surface area contributed by atoms with E-state index in [1.165, 1.54) is 28.0 Å². The lowest BCUT2D eigenvalue weighted by Crippen LogP contribution is -2.38. The van der Waals surface area contributed by atoms with Crippen LogP contribution in [0.4, 0.5) is 5.00 Å². The summed E-state index contributed by atoms with van der Waals surface area (Å²) in [6.45, 7) is 7.43. The first-order valence-electron chi connectivity index (χ1n) is 7.89. The molecule has 0 aliphatic carbocycles. The minimum Gasteiger partial charge on any atom is -0.462 e. The van der Waals surface area contributed by atoms with Gasteiger partial charge in [0.05, 0.1) is 17.4 Å². The third-order valence-electron chi connectivity index (χ3n) is 3.80. The van der Waals surface area contributed by atoms with Gasteiger partial charge in [-0.15, -0.1) is 11.3 Å². The van der Waals surface area contributed by atoms with Crippen molar-refractivity contribution < 1.29 is 19.1 Å². The summed E-state index contributed by atoms with van der Waals surface area (Å²) in [7, 11) is 0. The first-order chi connectivity index (χ1) is 11.8. The maximum absolute atomic E-state index is 12.4. The molecule has 6 nitrogen and oxygen atoms in total. The van der Waals surface area contributed by atoms with Crippen molar-refractivity contribution in [2.45, 2.75) is 39.4 Å². The van der Waals surface area contributed by atoms with Gasteiger partial charge in [-0.05, 0) is 32.8 Å². The molecule has 136 valence electrons. The highest BCUT2D eigenvalue weighted by Crippen LogP contribution is 2.33. The minimum absolute atomic E-state index is 0.142. The number of aryl methyl sites for hydroxylation is 1. The van der Waals surface area contributed by atoms with Gasteiger partial charge in [0, 0.05) is 4.88 Å². The van der Waals surface area contributed by atoms with Crippen molar-refractivity contribution in [2.75, 3.05) is 18.5 Å². The first-order valence-corrected chi connectivity index (χ1v) is 9.99. The Morgan fingerprint density at radius 1 is 1.32 bits per heavy atom. The molecule has 0 spiro atoms. The Bertz CT molecular complexity index is 729. The molecule has 9 heteroatoms. The molecule has 1 aliphatic heterocycles. The number of carbonyl (C=O) groups excluding carboxylic acids is 3. The van der Waals surface area contributed by atoms with Gasteiger partial charge in [-0.1, -0.05) is 30.9 Å². The molecular formula is C16H20N2O4S3. The molecule has 25 heavy (non-hydrogen) atoms. The molecule has 0 aromatic carbocycles. The number of anilines is 1. The second kappa shape index (κ2) is 8.29. The number of nitrogens with zero attached hydrogens (tertiary/aromatic N) is 1. The lowest BCUT2D eigenvalue weighted by molar-refractivity contribution is -0.129. The Labute approximate surface area is 160 Å². The zero-order valence-corrected chi connectivity index (χ0v) is 17.0. The summed E-state index contributed by atoms with van der Waals surface area (Å²) in [5, 5.41) is 2.95. The predicted molar refractivity (Wildman–Crippen MR) is 104 cm³/mol. The smallest absolute Gasteiger partial charge is 0.341 e. The van der Waals surface area contributed by atoms with Crippen LogP contribution in [0.2, 0.25) is 0 Å². The first kappa shape index (κ1) is 19.9. The van der Waals surface area contributed by atoms with Crippen LogP contribution < -0.4 is 5.32 Å². The number of ether oxygens (including phenoxy) is 1. The van der Waals surface area contributed by atoms with Crippen molar-refractivity contribution in [1.29, 1.82) is 0 Å². The van der Waals surface area contributed by atoms with Crippen molar-refractivity contribution in [1.82, 2.24) is 4.90 Å². The summed E-state index contributed by atoms with van der Waals surface area (Å²) >= 11 is 7.81. The maximum Gasteiger partial charge on any atom is 0.341 e. The molecule has 0 bridgehead atoms. The third kappa shape index (κ3) is 4.21. The molecule has 2 rings (SSSR count). The minimum atomic E-state index is -0.464. The lowest BCUT2D eigenvalue weighted by Gasteiger charge is -2.15. The number of hydrogen-bond donors (Lipinski definition) is 1. The van der Waals surface area contributed by atoms with Crippen molar-refractivity contribution in [3.05, 3.63) is 16.0 Å². The number of thioether (sulfide) groups is 1. The van der Waals surface area contributed by atoms with Crippen molar-refractivity contribution in [3.8, 4) is 0 Å². The van der Waals surface area contributed by atoms with Gasteiger partial charge in [0.25, 0.3) is 0 Å². The number of amides is 2. The van der Waals surface area contributed by atoms with E-state index in [9.17, 15) is 14.4 Å². The standard InChI is InChI=1S/C16H20N2O4S3/c1-5-10-14(20)18(16(23)25-10)7-11(19)17-13-12(15(21)22-6-2)8(3)9(4)24-13/h10H,5-7H2,1-4H3,(H,17,19). The number of nitrogens with one attached hydrogen (secondary N) is 1. The van der Waals surface area contributed by atoms with E-state index >= 15 is 0 Å². The zero-order valence-electron chi connectivity index (χ0n) is 14.5. The Kier molecular flexibility index (Phi) is 6.59. The molecule has 1 atom stereocenters. The van der Waals surface area contributed by atoms with Crippen molar-refractivity contribution in [3.63, 3.8) is 0 Å². The number of hydrogen-bond acceptors (Lipinski definition) is 7. The fourth-order valence-corrected chi connectivity index (χ4v) is 4.86. The summed E-state index contributed by atoms with van der Waals surface area (Å²) in [4.78, 5) is 39.0. The van der Waals surface area contributed by atoms with E-state index in [-0.39, 0.29) is 30.2 Å². The Morgan fingerprint density at radius 2 is 2.00 bits per heavy atom. The number of thiocarbonyl (C=S) groups is 1. The van der Waals surface area contributed by atoms with Gasteiger partial charge in [0.15, 0.2) is 0 Å². The van der Waals surface area contributed by atoms with E-state index in [4.69, 9.17) is 17.0 Å². The van der Waals surface area contributed by atoms with Gasteiger partial charge < -0.3 is 10.1 Å². The van der Waals surface area contributed by atoms with E-state index in [0.717, 1.165) is 10.4 Å². The molecule has 2 amide bonds.